The van der Waals surface area contributed by atoms with Gasteiger partial charge in [-0.1, -0.05) is 0 Å². The molecule has 0 fully saturated rings. The first-order valence-corrected chi connectivity index (χ1v) is 4.77. The van der Waals surface area contributed by atoms with Gasteiger partial charge in [0.25, 0.3) is 0 Å². The van der Waals surface area contributed by atoms with E-state index in [1.165, 1.54) is 0 Å². The number of nitrogens with two attached hydrogens (primary N) is 1. The average Bonchev–Trinajstić information content (AvgIpc) is 2.74. The Labute approximate surface area is 100 Å². The molecule has 2 rings (SSSR count). The molecular weight excluding hydrogens is 242 g/mol. The molecule has 2 heterocycles. The third-order valence-corrected chi connectivity index (χ3v) is 1.99. The molecule has 4 N–H and O–H groups in total. The number of nitrogens with zero attached hydrogens (tertiary/aromatic N) is 4. The number of hydrogen-bond donors (Lipinski definition) is 3. The molecule has 0 aliphatic rings. The van der Waals surface area contributed by atoms with E-state index in [4.69, 9.17) is 10.6 Å². The predicted octanol–water partition coefficient (Wildman–Crippen LogP) is 0.494. The topological polar surface area (TPSA) is 145 Å². The van der Waals surface area contributed by atoms with Crippen LogP contribution in [-0.2, 0) is 0 Å². The van der Waals surface area contributed by atoms with Gasteiger partial charge in [-0.25, -0.2) is 10.8 Å². The zero-order valence-electron chi connectivity index (χ0n) is 9.25. The van der Waals surface area contributed by atoms with Crippen LogP contribution < -0.4 is 16.0 Å². The Kier molecular flexibility index (Phi) is 3.02. The van der Waals surface area contributed by atoms with Crippen molar-refractivity contribution in [2.75, 3.05) is 5.43 Å². The molecule has 0 saturated carbocycles. The summed E-state index contributed by atoms with van der Waals surface area (Å²) in [5, 5.41) is 17.3. The highest BCUT2D eigenvalue weighted by atomic mass is 16.6. The number of aromatic nitrogens is 4. The van der Waals surface area contributed by atoms with E-state index in [9.17, 15) is 10.1 Å². The molecule has 18 heavy (non-hydrogen) atoms. The fourth-order valence-electron chi connectivity index (χ4n) is 1.25. The second-order valence-corrected chi connectivity index (χ2v) is 3.27. The van der Waals surface area contributed by atoms with Crippen molar-refractivity contribution in [2.45, 2.75) is 6.92 Å². The second-order valence-electron chi connectivity index (χ2n) is 3.27. The number of H-pyrrole nitrogens is 1. The number of ether oxygens (including phenoxy) is 1. The van der Waals surface area contributed by atoms with Crippen LogP contribution in [0, 0.1) is 17.0 Å². The number of nitrogens with one attached hydrogen (secondary N) is 2. The summed E-state index contributed by atoms with van der Waals surface area (Å²) < 4.78 is 5.20. The highest BCUT2D eigenvalue weighted by Gasteiger charge is 2.24. The molecule has 0 unspecified atom stereocenters. The van der Waals surface area contributed by atoms with Crippen LogP contribution in [0.5, 0.6) is 11.8 Å². The number of aromatic amines is 1. The summed E-state index contributed by atoms with van der Waals surface area (Å²) in [7, 11) is 0. The van der Waals surface area contributed by atoms with Gasteiger partial charge in [0, 0.05) is 11.8 Å². The average molecular weight is 251 g/mol. The summed E-state index contributed by atoms with van der Waals surface area (Å²) in [6, 6.07) is 1.57. The van der Waals surface area contributed by atoms with Crippen LogP contribution in [0.15, 0.2) is 12.4 Å². The lowest BCUT2D eigenvalue weighted by Gasteiger charge is -2.04. The van der Waals surface area contributed by atoms with E-state index in [1.807, 2.05) is 0 Å². The molecule has 0 aliphatic heterocycles. The maximum absolute atomic E-state index is 10.9. The molecule has 0 atom stereocenters. The van der Waals surface area contributed by atoms with E-state index in [0.717, 1.165) is 12.0 Å². The van der Waals surface area contributed by atoms with E-state index >= 15 is 0 Å². The quantitative estimate of drug-likeness (QED) is 0.404. The number of aryl methyl sites for hydroxylation is 1. The fourth-order valence-corrected chi connectivity index (χ4v) is 1.25. The first kappa shape index (κ1) is 11.7. The Balaban J connectivity index is 2.41. The van der Waals surface area contributed by atoms with Gasteiger partial charge in [0.1, 0.15) is 6.33 Å². The molecule has 10 nitrogen and oxygen atoms in total. The summed E-state index contributed by atoms with van der Waals surface area (Å²) >= 11 is 0. The van der Waals surface area contributed by atoms with Crippen molar-refractivity contribution in [3.63, 3.8) is 0 Å². The van der Waals surface area contributed by atoms with Crippen molar-refractivity contribution in [3.05, 3.63) is 28.2 Å². The highest BCUT2D eigenvalue weighted by Crippen LogP contribution is 2.32. The second kappa shape index (κ2) is 4.63. The monoisotopic (exact) mass is 251 g/mol. The number of nitrogen functional groups attached to an aromatic ring is 1. The minimum atomic E-state index is -0.690. The van der Waals surface area contributed by atoms with E-state index in [2.05, 4.69) is 25.6 Å². The van der Waals surface area contributed by atoms with Gasteiger partial charge in [0.15, 0.2) is 0 Å². The van der Waals surface area contributed by atoms with Gasteiger partial charge in [-0.15, -0.1) is 5.10 Å². The van der Waals surface area contributed by atoms with Crippen LogP contribution >= 0.6 is 0 Å². The van der Waals surface area contributed by atoms with Gasteiger partial charge in [-0.05, 0) is 6.92 Å². The van der Waals surface area contributed by atoms with E-state index in [1.54, 1.807) is 13.0 Å². The van der Waals surface area contributed by atoms with E-state index in [-0.39, 0.29) is 17.6 Å². The Hall–Kier alpha value is -2.75. The lowest BCUT2D eigenvalue weighted by Crippen LogP contribution is -2.12. The molecule has 0 radical (unpaired) electrons. The largest absolute Gasteiger partial charge is 0.413 e. The van der Waals surface area contributed by atoms with Crippen molar-refractivity contribution < 1.29 is 9.66 Å². The third-order valence-electron chi connectivity index (χ3n) is 1.99. The summed E-state index contributed by atoms with van der Waals surface area (Å²) in [6.45, 7) is 1.76. The van der Waals surface area contributed by atoms with Crippen LogP contribution in [0.3, 0.4) is 0 Å². The standard InChI is InChI=1S/C8H9N7O3/c1-4-2-5(14-13-4)18-8-6(15(16)17)7(12-9)10-3-11-8/h2-3H,9H2,1H3,(H,13,14)(H,10,11,12). The van der Waals surface area contributed by atoms with Gasteiger partial charge in [-0.3, -0.25) is 15.2 Å². The molecule has 0 spiro atoms. The van der Waals surface area contributed by atoms with Crippen molar-refractivity contribution in [1.29, 1.82) is 0 Å². The molecule has 0 saturated heterocycles. The molecule has 2 aromatic heterocycles. The zero-order chi connectivity index (χ0) is 13.1. The van der Waals surface area contributed by atoms with Crippen LogP contribution in [0.4, 0.5) is 11.5 Å². The van der Waals surface area contributed by atoms with Gasteiger partial charge in [0.05, 0.1) is 4.92 Å². The Morgan fingerprint density at radius 1 is 1.56 bits per heavy atom. The Morgan fingerprint density at radius 2 is 2.33 bits per heavy atom. The first-order valence-electron chi connectivity index (χ1n) is 4.77. The molecule has 0 aliphatic carbocycles. The Morgan fingerprint density at radius 3 is 2.89 bits per heavy atom. The summed E-state index contributed by atoms with van der Waals surface area (Å²) in [5.41, 5.74) is 2.40. The van der Waals surface area contributed by atoms with Crippen molar-refractivity contribution in [2.24, 2.45) is 5.84 Å². The maximum atomic E-state index is 10.9. The molecule has 10 heteroatoms. The molecule has 0 bridgehead atoms. The smallest absolute Gasteiger partial charge is 0.374 e. The molecule has 0 aromatic carbocycles. The SMILES string of the molecule is Cc1cc(Oc2ncnc(NN)c2[N+](=O)[O-])n[nH]1. The lowest BCUT2D eigenvalue weighted by molar-refractivity contribution is -0.385. The van der Waals surface area contributed by atoms with Gasteiger partial charge >= 0.3 is 11.6 Å². The maximum Gasteiger partial charge on any atom is 0.374 e. The van der Waals surface area contributed by atoms with Crippen molar-refractivity contribution >= 4 is 11.5 Å². The van der Waals surface area contributed by atoms with Crippen molar-refractivity contribution in [3.8, 4) is 11.8 Å². The number of hydrogen-bond acceptors (Lipinski definition) is 8. The predicted molar refractivity (Wildman–Crippen MR) is 59.9 cm³/mol. The van der Waals surface area contributed by atoms with Crippen LogP contribution in [0.1, 0.15) is 5.69 Å². The first-order chi connectivity index (χ1) is 8.61. The van der Waals surface area contributed by atoms with Gasteiger partial charge in [-0.2, -0.15) is 4.98 Å². The van der Waals surface area contributed by atoms with Crippen molar-refractivity contribution in [1.82, 2.24) is 20.2 Å². The van der Waals surface area contributed by atoms with Crippen LogP contribution in [-0.4, -0.2) is 25.1 Å². The normalized spacial score (nSPS) is 10.1. The molecule has 0 amide bonds. The number of nitro groups is 1. The van der Waals surface area contributed by atoms with Gasteiger partial charge < -0.3 is 10.2 Å². The Bertz CT molecular complexity index is 582. The van der Waals surface area contributed by atoms with E-state index in [0.29, 0.717) is 0 Å². The van der Waals surface area contributed by atoms with Crippen LogP contribution in [0.2, 0.25) is 0 Å². The molecule has 94 valence electrons. The highest BCUT2D eigenvalue weighted by molar-refractivity contribution is 5.60. The summed E-state index contributed by atoms with van der Waals surface area (Å²) in [5.74, 6) is 4.91. The van der Waals surface area contributed by atoms with E-state index < -0.39 is 10.6 Å². The molecule has 2 aromatic rings. The summed E-state index contributed by atoms with van der Waals surface area (Å²) in [6.07, 6.45) is 1.09. The number of hydrazine groups is 1. The minimum absolute atomic E-state index is 0.141. The van der Waals surface area contributed by atoms with Crippen LogP contribution in [0.25, 0.3) is 0 Å². The minimum Gasteiger partial charge on any atom is -0.413 e. The lowest BCUT2D eigenvalue weighted by atomic mass is 10.4. The fraction of sp³-hybridized carbons (Fsp3) is 0.125. The molecular formula is C8H9N7O3. The third kappa shape index (κ3) is 2.17. The summed E-state index contributed by atoms with van der Waals surface area (Å²) in [4.78, 5) is 17.5. The number of anilines is 1. The zero-order valence-corrected chi connectivity index (χ0v) is 9.25. The number of rotatable bonds is 4. The van der Waals surface area contributed by atoms with Gasteiger partial charge in [0.2, 0.25) is 11.7 Å².